The molecule has 1 aromatic rings. The van der Waals surface area contributed by atoms with Gasteiger partial charge < -0.3 is 10.1 Å². The van der Waals surface area contributed by atoms with Crippen LogP contribution in [-0.4, -0.2) is 24.8 Å². The molecule has 0 radical (unpaired) electrons. The van der Waals surface area contributed by atoms with Gasteiger partial charge >= 0.3 is 5.97 Å². The smallest absolute Gasteiger partial charge is 0.305 e. The van der Waals surface area contributed by atoms with Crippen molar-refractivity contribution in [3.05, 3.63) is 29.3 Å². The van der Waals surface area contributed by atoms with Crippen LogP contribution in [0.1, 0.15) is 54.4 Å². The number of ketones is 1. The number of nitrogens with one attached hydrogen (secondary N) is 1. The van der Waals surface area contributed by atoms with E-state index in [1.165, 1.54) is 7.11 Å². The molecule has 0 saturated carbocycles. The lowest BCUT2D eigenvalue weighted by molar-refractivity contribution is -0.140. The van der Waals surface area contributed by atoms with E-state index in [1.54, 1.807) is 12.1 Å². The molecule has 1 aromatic carbocycles. The Morgan fingerprint density at radius 1 is 1.18 bits per heavy atom. The first-order valence-corrected chi connectivity index (χ1v) is 7.63. The third-order valence-electron chi connectivity index (χ3n) is 3.80. The van der Waals surface area contributed by atoms with E-state index in [2.05, 4.69) is 10.1 Å². The molecule has 0 bridgehead atoms. The predicted octanol–water partition coefficient (Wildman–Crippen LogP) is 2.88. The number of amides is 1. The minimum Gasteiger partial charge on any atom is -0.469 e. The lowest BCUT2D eigenvalue weighted by atomic mass is 9.90. The minimum atomic E-state index is -0.250. The van der Waals surface area contributed by atoms with Gasteiger partial charge in [-0.15, -0.1) is 0 Å². The summed E-state index contributed by atoms with van der Waals surface area (Å²) in [5.74, 6) is -0.145. The van der Waals surface area contributed by atoms with Crippen LogP contribution in [0.3, 0.4) is 0 Å². The maximum absolute atomic E-state index is 11.9. The van der Waals surface area contributed by atoms with Crippen molar-refractivity contribution in [1.82, 2.24) is 0 Å². The Kier molecular flexibility index (Phi) is 5.69. The Labute approximate surface area is 130 Å². The van der Waals surface area contributed by atoms with Crippen molar-refractivity contribution < 1.29 is 19.1 Å². The fourth-order valence-electron chi connectivity index (χ4n) is 2.60. The first kappa shape index (κ1) is 16.2. The molecule has 0 aliphatic heterocycles. The molecule has 1 N–H and O–H groups in total. The molecule has 1 aliphatic rings. The largest absolute Gasteiger partial charge is 0.469 e. The van der Waals surface area contributed by atoms with E-state index in [0.717, 1.165) is 29.7 Å². The molecule has 118 valence electrons. The standard InChI is InChI=1S/C17H21NO4/c1-22-17(21)8-3-2-7-16(20)18-13-9-10-14-12(11-13)5-4-6-15(14)19/h9-11H,2-8H2,1H3,(H,18,20). The maximum atomic E-state index is 11.9. The number of hydrogen-bond acceptors (Lipinski definition) is 4. The average molecular weight is 303 g/mol. The van der Waals surface area contributed by atoms with Gasteiger partial charge in [0, 0.05) is 30.5 Å². The third kappa shape index (κ3) is 4.41. The molecule has 2 rings (SSSR count). The molecule has 0 heterocycles. The summed E-state index contributed by atoms with van der Waals surface area (Å²) < 4.78 is 4.55. The fourth-order valence-corrected chi connectivity index (χ4v) is 2.60. The van der Waals surface area contributed by atoms with Crippen LogP contribution in [-0.2, 0) is 20.7 Å². The second kappa shape index (κ2) is 7.73. The normalized spacial score (nSPS) is 13.4. The zero-order valence-corrected chi connectivity index (χ0v) is 12.8. The molecule has 0 spiro atoms. The van der Waals surface area contributed by atoms with Gasteiger partial charge in [0.15, 0.2) is 5.78 Å². The van der Waals surface area contributed by atoms with E-state index in [-0.39, 0.29) is 17.7 Å². The highest BCUT2D eigenvalue weighted by Gasteiger charge is 2.17. The lowest BCUT2D eigenvalue weighted by Gasteiger charge is -2.16. The summed E-state index contributed by atoms with van der Waals surface area (Å²) in [6.07, 6.45) is 4.35. The molecule has 5 nitrogen and oxygen atoms in total. The number of carbonyl (C=O) groups excluding carboxylic acids is 3. The van der Waals surface area contributed by atoms with Gasteiger partial charge in [0.25, 0.3) is 0 Å². The van der Waals surface area contributed by atoms with Crippen LogP contribution in [0.2, 0.25) is 0 Å². The van der Waals surface area contributed by atoms with Crippen molar-refractivity contribution in [2.45, 2.75) is 44.9 Å². The number of ether oxygens (including phenoxy) is 1. The van der Waals surface area contributed by atoms with E-state index in [0.29, 0.717) is 32.1 Å². The molecular weight excluding hydrogens is 282 g/mol. The number of unbranched alkanes of at least 4 members (excludes halogenated alkanes) is 1. The van der Waals surface area contributed by atoms with Gasteiger partial charge in [0.05, 0.1) is 7.11 Å². The van der Waals surface area contributed by atoms with Crippen molar-refractivity contribution in [2.75, 3.05) is 12.4 Å². The zero-order chi connectivity index (χ0) is 15.9. The summed E-state index contributed by atoms with van der Waals surface area (Å²) in [5.41, 5.74) is 2.52. The van der Waals surface area contributed by atoms with E-state index in [9.17, 15) is 14.4 Å². The molecule has 5 heteroatoms. The van der Waals surface area contributed by atoms with Crippen LogP contribution in [0.4, 0.5) is 5.69 Å². The second-order valence-electron chi connectivity index (χ2n) is 5.48. The predicted molar refractivity (Wildman–Crippen MR) is 82.8 cm³/mol. The quantitative estimate of drug-likeness (QED) is 0.648. The molecule has 22 heavy (non-hydrogen) atoms. The number of hydrogen-bond donors (Lipinski definition) is 1. The fraction of sp³-hybridized carbons (Fsp3) is 0.471. The number of rotatable bonds is 6. The number of Topliss-reactive ketones (excluding diaryl/α,β-unsaturated/α-hetero) is 1. The first-order valence-electron chi connectivity index (χ1n) is 7.63. The van der Waals surface area contributed by atoms with Gasteiger partial charge in [-0.3, -0.25) is 14.4 Å². The SMILES string of the molecule is COC(=O)CCCCC(=O)Nc1ccc2c(c1)CCCC2=O. The Morgan fingerprint density at radius 3 is 2.73 bits per heavy atom. The summed E-state index contributed by atoms with van der Waals surface area (Å²) in [5, 5.41) is 2.84. The topological polar surface area (TPSA) is 72.5 Å². The van der Waals surface area contributed by atoms with Crippen molar-refractivity contribution in [2.24, 2.45) is 0 Å². The number of benzene rings is 1. The first-order chi connectivity index (χ1) is 10.6. The van der Waals surface area contributed by atoms with E-state index < -0.39 is 0 Å². The van der Waals surface area contributed by atoms with Crippen LogP contribution in [0.15, 0.2) is 18.2 Å². The Morgan fingerprint density at radius 2 is 1.95 bits per heavy atom. The summed E-state index contributed by atoms with van der Waals surface area (Å²) in [6.45, 7) is 0. The lowest BCUT2D eigenvalue weighted by Crippen LogP contribution is -2.14. The zero-order valence-electron chi connectivity index (χ0n) is 12.8. The average Bonchev–Trinajstić information content (AvgIpc) is 2.51. The summed E-state index contributed by atoms with van der Waals surface area (Å²) in [7, 11) is 1.36. The van der Waals surface area contributed by atoms with Gasteiger partial charge in [0.1, 0.15) is 0 Å². The van der Waals surface area contributed by atoms with Crippen LogP contribution in [0.5, 0.6) is 0 Å². The highest BCUT2D eigenvalue weighted by Crippen LogP contribution is 2.24. The Balaban J connectivity index is 1.82. The van der Waals surface area contributed by atoms with Gasteiger partial charge in [-0.25, -0.2) is 0 Å². The van der Waals surface area contributed by atoms with Crippen molar-refractivity contribution >= 4 is 23.3 Å². The van der Waals surface area contributed by atoms with Crippen molar-refractivity contribution in [1.29, 1.82) is 0 Å². The van der Waals surface area contributed by atoms with E-state index in [4.69, 9.17) is 0 Å². The summed E-state index contributed by atoms with van der Waals surface area (Å²) >= 11 is 0. The number of anilines is 1. The molecule has 0 aromatic heterocycles. The van der Waals surface area contributed by atoms with Crippen LogP contribution in [0, 0.1) is 0 Å². The van der Waals surface area contributed by atoms with E-state index >= 15 is 0 Å². The van der Waals surface area contributed by atoms with Crippen molar-refractivity contribution in [3.8, 4) is 0 Å². The van der Waals surface area contributed by atoms with Gasteiger partial charge in [0.2, 0.25) is 5.91 Å². The molecule has 0 saturated heterocycles. The molecule has 1 aliphatic carbocycles. The highest BCUT2D eigenvalue weighted by atomic mass is 16.5. The highest BCUT2D eigenvalue weighted by molar-refractivity contribution is 5.99. The molecule has 0 atom stereocenters. The van der Waals surface area contributed by atoms with Crippen LogP contribution in [0.25, 0.3) is 0 Å². The number of methoxy groups -OCH3 is 1. The van der Waals surface area contributed by atoms with Gasteiger partial charge in [-0.2, -0.15) is 0 Å². The number of fused-ring (bicyclic) bond motifs is 1. The van der Waals surface area contributed by atoms with Crippen LogP contribution < -0.4 is 5.32 Å². The molecule has 1 amide bonds. The minimum absolute atomic E-state index is 0.0769. The van der Waals surface area contributed by atoms with Gasteiger partial charge in [-0.05, 0) is 49.4 Å². The second-order valence-corrected chi connectivity index (χ2v) is 5.48. The third-order valence-corrected chi connectivity index (χ3v) is 3.80. The van der Waals surface area contributed by atoms with Crippen LogP contribution >= 0.6 is 0 Å². The summed E-state index contributed by atoms with van der Waals surface area (Å²) in [4.78, 5) is 34.6. The monoisotopic (exact) mass is 303 g/mol. The summed E-state index contributed by atoms with van der Waals surface area (Å²) in [6, 6.07) is 5.46. The molecular formula is C17H21NO4. The molecule has 0 fully saturated rings. The maximum Gasteiger partial charge on any atom is 0.305 e. The number of carbonyl (C=O) groups is 3. The molecule has 0 unspecified atom stereocenters. The van der Waals surface area contributed by atoms with E-state index in [1.807, 2.05) is 6.07 Å². The Hall–Kier alpha value is -2.17. The number of esters is 1. The van der Waals surface area contributed by atoms with Crippen molar-refractivity contribution in [3.63, 3.8) is 0 Å². The number of aryl methyl sites for hydroxylation is 1. The Bertz CT molecular complexity index is 580. The van der Waals surface area contributed by atoms with Gasteiger partial charge in [-0.1, -0.05) is 0 Å².